The van der Waals surface area contributed by atoms with Crippen LogP contribution in [-0.4, -0.2) is 16.7 Å². The third-order valence-electron chi connectivity index (χ3n) is 1.09. The van der Waals surface area contributed by atoms with Crippen LogP contribution >= 0.6 is 0 Å². The average Bonchev–Trinajstić information content (AvgIpc) is 2.37. The van der Waals surface area contributed by atoms with E-state index in [4.69, 9.17) is 5.73 Å². The third kappa shape index (κ3) is 1.26. The molecule has 1 aromatic heterocycles. The Balaban J connectivity index is 2.65. The minimum Gasteiger partial charge on any atom is -0.327 e. The second-order valence-electron chi connectivity index (χ2n) is 1.73. The van der Waals surface area contributed by atoms with Gasteiger partial charge < -0.3 is 5.73 Å². The first-order chi connectivity index (χ1) is 4.34. The van der Waals surface area contributed by atoms with Crippen molar-refractivity contribution in [2.75, 3.05) is 6.54 Å². The summed E-state index contributed by atoms with van der Waals surface area (Å²) in [4.78, 5) is 0. The van der Waals surface area contributed by atoms with Gasteiger partial charge in [0.1, 0.15) is 6.17 Å². The Hall–Kier alpha value is -0.900. The van der Waals surface area contributed by atoms with Gasteiger partial charge in [0.15, 0.2) is 0 Å². The van der Waals surface area contributed by atoms with E-state index >= 15 is 0 Å². The molecule has 1 rings (SSSR count). The first-order valence-corrected chi connectivity index (χ1v) is 2.67. The summed E-state index contributed by atoms with van der Waals surface area (Å²) in [5.74, 6) is 0. The van der Waals surface area contributed by atoms with Gasteiger partial charge in [0.05, 0.1) is 6.20 Å². The van der Waals surface area contributed by atoms with Crippen molar-refractivity contribution in [1.82, 2.24) is 10.2 Å². The quantitative estimate of drug-likeness (QED) is 0.606. The molecule has 0 aliphatic carbocycles. The highest BCUT2D eigenvalue weighted by Crippen LogP contribution is 2.12. The van der Waals surface area contributed by atoms with E-state index < -0.39 is 6.17 Å². The van der Waals surface area contributed by atoms with Crippen LogP contribution < -0.4 is 5.73 Å². The fourth-order valence-electron chi connectivity index (χ4n) is 0.568. The number of halogens is 1. The molecule has 0 fully saturated rings. The highest BCUT2D eigenvalue weighted by molar-refractivity contribution is 5.06. The van der Waals surface area contributed by atoms with Gasteiger partial charge in [-0.2, -0.15) is 5.10 Å². The molecule has 0 saturated carbocycles. The molecular weight excluding hydrogens is 121 g/mol. The Morgan fingerprint density at radius 3 is 3.11 bits per heavy atom. The first-order valence-electron chi connectivity index (χ1n) is 2.67. The van der Waals surface area contributed by atoms with Crippen LogP contribution in [0, 0.1) is 0 Å². The summed E-state index contributed by atoms with van der Waals surface area (Å²) in [6.45, 7) is 0.0134. The molecule has 0 saturated heterocycles. The Morgan fingerprint density at radius 1 is 1.89 bits per heavy atom. The Kier molecular flexibility index (Phi) is 1.79. The fraction of sp³-hybridized carbons (Fsp3) is 0.400. The van der Waals surface area contributed by atoms with Crippen LogP contribution in [0.4, 0.5) is 4.39 Å². The van der Waals surface area contributed by atoms with E-state index in [-0.39, 0.29) is 6.54 Å². The molecule has 4 heteroatoms. The Morgan fingerprint density at radius 2 is 2.67 bits per heavy atom. The molecule has 1 atom stereocenters. The predicted octanol–water partition coefficient (Wildman–Crippen LogP) is 0.379. The van der Waals surface area contributed by atoms with E-state index in [2.05, 4.69) is 10.2 Å². The van der Waals surface area contributed by atoms with Gasteiger partial charge in [-0.25, -0.2) is 4.39 Å². The van der Waals surface area contributed by atoms with Crippen LogP contribution in [0.25, 0.3) is 0 Å². The zero-order chi connectivity index (χ0) is 6.69. The summed E-state index contributed by atoms with van der Waals surface area (Å²) in [5, 5.41) is 6.07. The summed E-state index contributed by atoms with van der Waals surface area (Å²) >= 11 is 0. The molecule has 0 amide bonds. The summed E-state index contributed by atoms with van der Waals surface area (Å²) in [5.41, 5.74) is 5.56. The maximum absolute atomic E-state index is 12.5. The van der Waals surface area contributed by atoms with Gasteiger partial charge in [0.25, 0.3) is 0 Å². The van der Waals surface area contributed by atoms with E-state index in [0.29, 0.717) is 5.56 Å². The monoisotopic (exact) mass is 129 g/mol. The summed E-state index contributed by atoms with van der Waals surface area (Å²) in [6.07, 6.45) is 1.85. The van der Waals surface area contributed by atoms with Gasteiger partial charge in [0, 0.05) is 18.3 Å². The molecule has 0 bridgehead atoms. The van der Waals surface area contributed by atoms with Crippen molar-refractivity contribution in [2.24, 2.45) is 5.73 Å². The second kappa shape index (κ2) is 2.59. The van der Waals surface area contributed by atoms with Crippen molar-refractivity contribution in [3.05, 3.63) is 18.0 Å². The zero-order valence-corrected chi connectivity index (χ0v) is 4.84. The molecule has 0 radical (unpaired) electrons. The topological polar surface area (TPSA) is 54.7 Å². The third-order valence-corrected chi connectivity index (χ3v) is 1.09. The van der Waals surface area contributed by atoms with Gasteiger partial charge in [-0.1, -0.05) is 0 Å². The van der Waals surface area contributed by atoms with Crippen molar-refractivity contribution in [3.63, 3.8) is 0 Å². The number of aromatic nitrogens is 2. The lowest BCUT2D eigenvalue weighted by Crippen LogP contribution is -2.06. The fourth-order valence-corrected chi connectivity index (χ4v) is 0.568. The van der Waals surface area contributed by atoms with Crippen LogP contribution in [0.15, 0.2) is 12.4 Å². The number of nitrogens with zero attached hydrogens (tertiary/aromatic N) is 1. The van der Waals surface area contributed by atoms with Crippen molar-refractivity contribution < 1.29 is 4.39 Å². The largest absolute Gasteiger partial charge is 0.327 e. The molecule has 3 nitrogen and oxygen atoms in total. The number of aromatic amines is 1. The van der Waals surface area contributed by atoms with Gasteiger partial charge in [-0.3, -0.25) is 5.10 Å². The van der Waals surface area contributed by atoms with Crippen molar-refractivity contribution in [1.29, 1.82) is 0 Å². The van der Waals surface area contributed by atoms with Crippen molar-refractivity contribution in [3.8, 4) is 0 Å². The van der Waals surface area contributed by atoms with Crippen LogP contribution in [0.1, 0.15) is 11.7 Å². The highest BCUT2D eigenvalue weighted by atomic mass is 19.1. The highest BCUT2D eigenvalue weighted by Gasteiger charge is 2.06. The molecule has 0 aliphatic heterocycles. The minimum absolute atomic E-state index is 0.0134. The lowest BCUT2D eigenvalue weighted by molar-refractivity contribution is 0.353. The number of alkyl halides is 1. The lowest BCUT2D eigenvalue weighted by atomic mass is 10.2. The maximum atomic E-state index is 12.5. The standard InChI is InChI=1S/C5H8FN3/c6-5(1-7)4-2-8-9-3-4/h2-3,5H,1,7H2,(H,8,9). The van der Waals surface area contributed by atoms with Gasteiger partial charge in [0.2, 0.25) is 0 Å². The van der Waals surface area contributed by atoms with Crippen LogP contribution in [-0.2, 0) is 0 Å². The first kappa shape index (κ1) is 6.22. The molecule has 9 heavy (non-hydrogen) atoms. The molecule has 50 valence electrons. The summed E-state index contributed by atoms with van der Waals surface area (Å²) < 4.78 is 12.5. The minimum atomic E-state index is -1.08. The van der Waals surface area contributed by atoms with Crippen molar-refractivity contribution >= 4 is 0 Å². The maximum Gasteiger partial charge on any atom is 0.140 e. The predicted molar refractivity (Wildman–Crippen MR) is 31.5 cm³/mol. The van der Waals surface area contributed by atoms with E-state index in [1.54, 1.807) is 0 Å². The molecule has 0 spiro atoms. The van der Waals surface area contributed by atoms with Gasteiger partial charge in [-0.05, 0) is 0 Å². The van der Waals surface area contributed by atoms with E-state index in [0.717, 1.165) is 0 Å². The Labute approximate surface area is 52.1 Å². The average molecular weight is 129 g/mol. The number of hydrogen-bond acceptors (Lipinski definition) is 2. The number of nitrogens with two attached hydrogens (primary N) is 1. The van der Waals surface area contributed by atoms with Gasteiger partial charge >= 0.3 is 0 Å². The second-order valence-corrected chi connectivity index (χ2v) is 1.73. The van der Waals surface area contributed by atoms with Crippen molar-refractivity contribution in [2.45, 2.75) is 6.17 Å². The van der Waals surface area contributed by atoms with Gasteiger partial charge in [-0.15, -0.1) is 0 Å². The smallest absolute Gasteiger partial charge is 0.140 e. The molecular formula is C5H8FN3. The molecule has 0 aromatic carbocycles. The normalized spacial score (nSPS) is 13.6. The number of hydrogen-bond donors (Lipinski definition) is 2. The Bertz CT molecular complexity index is 161. The van der Waals surface area contributed by atoms with E-state index in [1.807, 2.05) is 0 Å². The molecule has 1 aromatic rings. The van der Waals surface area contributed by atoms with Crippen LogP contribution in [0.2, 0.25) is 0 Å². The summed E-state index contributed by atoms with van der Waals surface area (Å²) in [7, 11) is 0. The SMILES string of the molecule is NCC(F)c1cn[nH]c1. The number of nitrogens with one attached hydrogen (secondary N) is 1. The summed E-state index contributed by atoms with van der Waals surface area (Å²) in [6, 6.07) is 0. The van der Waals surface area contributed by atoms with Crippen LogP contribution in [0.5, 0.6) is 0 Å². The van der Waals surface area contributed by atoms with E-state index in [9.17, 15) is 4.39 Å². The number of H-pyrrole nitrogens is 1. The molecule has 1 heterocycles. The molecule has 3 N–H and O–H groups in total. The van der Waals surface area contributed by atoms with E-state index in [1.165, 1.54) is 12.4 Å². The van der Waals surface area contributed by atoms with Crippen LogP contribution in [0.3, 0.4) is 0 Å². The molecule has 0 aliphatic rings. The number of rotatable bonds is 2. The molecule has 1 unspecified atom stereocenters. The lowest BCUT2D eigenvalue weighted by Gasteiger charge is -1.97. The zero-order valence-electron chi connectivity index (χ0n) is 4.84.